The Kier molecular flexibility index (Phi) is 3.52. The predicted octanol–water partition coefficient (Wildman–Crippen LogP) is 0.868. The molecule has 1 spiro atoms. The molecule has 4 aliphatic heterocycles. The van der Waals surface area contributed by atoms with Crippen LogP contribution in [0.1, 0.15) is 24.0 Å². The van der Waals surface area contributed by atoms with Crippen molar-refractivity contribution in [2.24, 2.45) is 11.8 Å². The van der Waals surface area contributed by atoms with Crippen molar-refractivity contribution in [3.05, 3.63) is 29.3 Å². The van der Waals surface area contributed by atoms with Gasteiger partial charge in [0.15, 0.2) is 0 Å². The highest BCUT2D eigenvalue weighted by Crippen LogP contribution is 2.60. The number of fused-ring (bicyclic) bond motifs is 7. The van der Waals surface area contributed by atoms with Crippen molar-refractivity contribution >= 4 is 23.4 Å². The Balaban J connectivity index is 1.69. The SMILES string of the molecule is COCCN1C(=O)[C@@H]2C3CCCN3C3(C(=O)Nc4ccc(C)cc43)[C@@H]2C1=O. The summed E-state index contributed by atoms with van der Waals surface area (Å²) in [5, 5.41) is 2.99. The van der Waals surface area contributed by atoms with Crippen molar-refractivity contribution in [1.82, 2.24) is 9.80 Å². The van der Waals surface area contributed by atoms with E-state index in [4.69, 9.17) is 4.74 Å². The zero-order chi connectivity index (χ0) is 18.9. The second kappa shape index (κ2) is 5.62. The highest BCUT2D eigenvalue weighted by Gasteiger charge is 2.74. The largest absolute Gasteiger partial charge is 0.383 e. The number of anilines is 1. The van der Waals surface area contributed by atoms with E-state index < -0.39 is 17.4 Å². The first-order valence-electron chi connectivity index (χ1n) is 9.55. The lowest BCUT2D eigenvalue weighted by Crippen LogP contribution is -2.54. The van der Waals surface area contributed by atoms with Crippen LogP contribution in [0.3, 0.4) is 0 Å². The number of methoxy groups -OCH3 is 1. The topological polar surface area (TPSA) is 79.0 Å². The average molecular weight is 369 g/mol. The van der Waals surface area contributed by atoms with Gasteiger partial charge in [-0.1, -0.05) is 17.7 Å². The van der Waals surface area contributed by atoms with E-state index in [1.165, 1.54) is 4.90 Å². The van der Waals surface area contributed by atoms with Crippen LogP contribution in [0.2, 0.25) is 0 Å². The van der Waals surface area contributed by atoms with Gasteiger partial charge in [-0.3, -0.25) is 24.2 Å². The third kappa shape index (κ3) is 1.91. The van der Waals surface area contributed by atoms with Crippen molar-refractivity contribution in [3.63, 3.8) is 0 Å². The van der Waals surface area contributed by atoms with Gasteiger partial charge >= 0.3 is 0 Å². The first kappa shape index (κ1) is 16.9. The van der Waals surface area contributed by atoms with Gasteiger partial charge < -0.3 is 10.1 Å². The molecule has 1 N–H and O–H groups in total. The number of imide groups is 1. The van der Waals surface area contributed by atoms with Crippen LogP contribution in [0.4, 0.5) is 5.69 Å². The molecule has 0 radical (unpaired) electrons. The number of hydrogen-bond acceptors (Lipinski definition) is 5. The fraction of sp³-hybridized carbons (Fsp3) is 0.550. The molecule has 142 valence electrons. The van der Waals surface area contributed by atoms with Crippen LogP contribution in [0.5, 0.6) is 0 Å². The van der Waals surface area contributed by atoms with Gasteiger partial charge in [-0.2, -0.15) is 0 Å². The number of amides is 3. The maximum Gasteiger partial charge on any atom is 0.250 e. The standard InChI is InChI=1S/C20H23N3O4/c1-11-5-6-13-12(10-11)20(19(26)21-13)16-15(14-4-3-7-23(14)20)17(24)22(18(16)25)8-9-27-2/h5-6,10,14-16H,3-4,7-9H2,1-2H3,(H,21,26)/t14?,15-,16+,20?/m1/s1. The van der Waals surface area contributed by atoms with Gasteiger partial charge in [-0.15, -0.1) is 0 Å². The van der Waals surface area contributed by atoms with Crippen molar-refractivity contribution in [2.45, 2.75) is 31.3 Å². The summed E-state index contributed by atoms with van der Waals surface area (Å²) in [6.45, 7) is 3.26. The molecule has 1 aromatic rings. The van der Waals surface area contributed by atoms with E-state index in [2.05, 4.69) is 10.2 Å². The zero-order valence-electron chi connectivity index (χ0n) is 15.5. The molecule has 7 nitrogen and oxygen atoms in total. The highest BCUT2D eigenvalue weighted by atomic mass is 16.5. The summed E-state index contributed by atoms with van der Waals surface area (Å²) < 4.78 is 5.08. The smallest absolute Gasteiger partial charge is 0.250 e. The Labute approximate surface area is 157 Å². The fourth-order valence-corrected chi connectivity index (χ4v) is 5.78. The molecule has 4 aliphatic rings. The molecule has 0 bridgehead atoms. The molecule has 5 rings (SSSR count). The number of hydrogen-bond donors (Lipinski definition) is 1. The first-order chi connectivity index (χ1) is 13.0. The second-order valence-electron chi connectivity index (χ2n) is 8.00. The van der Waals surface area contributed by atoms with Crippen molar-refractivity contribution in [2.75, 3.05) is 32.1 Å². The van der Waals surface area contributed by atoms with Gasteiger partial charge in [-0.25, -0.2) is 0 Å². The number of aryl methyl sites for hydroxylation is 1. The molecule has 7 heteroatoms. The molecule has 4 heterocycles. The maximum atomic E-state index is 13.4. The lowest BCUT2D eigenvalue weighted by atomic mass is 9.75. The molecule has 1 aromatic carbocycles. The molecule has 2 unspecified atom stereocenters. The van der Waals surface area contributed by atoms with Crippen molar-refractivity contribution < 1.29 is 19.1 Å². The Hall–Kier alpha value is -2.25. The lowest BCUT2D eigenvalue weighted by Gasteiger charge is -2.36. The Morgan fingerprint density at radius 1 is 1.26 bits per heavy atom. The highest BCUT2D eigenvalue weighted by molar-refractivity contribution is 6.15. The third-order valence-corrected chi connectivity index (χ3v) is 6.76. The first-order valence-corrected chi connectivity index (χ1v) is 9.55. The summed E-state index contributed by atoms with van der Waals surface area (Å²) in [6, 6.07) is 5.80. The summed E-state index contributed by atoms with van der Waals surface area (Å²) >= 11 is 0. The van der Waals surface area contributed by atoms with E-state index in [0.717, 1.165) is 36.2 Å². The van der Waals surface area contributed by atoms with E-state index in [0.29, 0.717) is 6.61 Å². The number of nitrogens with zero attached hydrogens (tertiary/aromatic N) is 2. The molecule has 4 atom stereocenters. The van der Waals surface area contributed by atoms with Gasteiger partial charge in [0.2, 0.25) is 17.7 Å². The van der Waals surface area contributed by atoms with Gasteiger partial charge in [0.25, 0.3) is 0 Å². The number of ether oxygens (including phenoxy) is 1. The second-order valence-corrected chi connectivity index (χ2v) is 8.00. The molecule has 3 saturated heterocycles. The van der Waals surface area contributed by atoms with Gasteiger partial charge in [0, 0.05) is 24.4 Å². The molecular weight excluding hydrogens is 346 g/mol. The minimum absolute atomic E-state index is 0.0591. The number of carbonyl (C=O) groups excluding carboxylic acids is 3. The van der Waals surface area contributed by atoms with E-state index in [-0.39, 0.29) is 30.3 Å². The number of rotatable bonds is 3. The zero-order valence-corrected chi connectivity index (χ0v) is 15.5. The molecule has 0 aliphatic carbocycles. The van der Waals surface area contributed by atoms with Crippen LogP contribution in [-0.4, -0.2) is 60.4 Å². The van der Waals surface area contributed by atoms with Gasteiger partial charge in [0.05, 0.1) is 25.0 Å². The number of benzene rings is 1. The summed E-state index contributed by atoms with van der Waals surface area (Å²) in [6.07, 6.45) is 1.78. The molecular formula is C20H23N3O4. The Morgan fingerprint density at radius 3 is 2.85 bits per heavy atom. The molecule has 27 heavy (non-hydrogen) atoms. The number of carbonyl (C=O) groups is 3. The number of nitrogens with one attached hydrogen (secondary N) is 1. The summed E-state index contributed by atoms with van der Waals surface area (Å²) in [5.74, 6) is -1.66. The number of likely N-dealkylation sites (tertiary alicyclic amines) is 1. The minimum atomic E-state index is -1.07. The lowest BCUT2D eigenvalue weighted by molar-refractivity contribution is -0.146. The van der Waals surface area contributed by atoms with Crippen LogP contribution in [0, 0.1) is 18.8 Å². The third-order valence-electron chi connectivity index (χ3n) is 6.76. The van der Waals surface area contributed by atoms with Gasteiger partial charge in [-0.05, 0) is 32.4 Å². The fourth-order valence-electron chi connectivity index (χ4n) is 5.78. The van der Waals surface area contributed by atoms with E-state index in [9.17, 15) is 14.4 Å². The van der Waals surface area contributed by atoms with Crippen LogP contribution in [0.15, 0.2) is 18.2 Å². The Bertz CT molecular complexity index is 869. The van der Waals surface area contributed by atoms with Crippen molar-refractivity contribution in [3.8, 4) is 0 Å². The quantitative estimate of drug-likeness (QED) is 0.800. The molecule has 0 saturated carbocycles. The molecule has 3 amide bonds. The Morgan fingerprint density at radius 2 is 2.07 bits per heavy atom. The maximum absolute atomic E-state index is 13.4. The van der Waals surface area contributed by atoms with Crippen LogP contribution in [0.25, 0.3) is 0 Å². The minimum Gasteiger partial charge on any atom is -0.383 e. The van der Waals surface area contributed by atoms with Crippen LogP contribution < -0.4 is 5.32 Å². The average Bonchev–Trinajstić information content (AvgIpc) is 3.33. The summed E-state index contributed by atoms with van der Waals surface area (Å²) in [4.78, 5) is 43.4. The normalized spacial score (nSPS) is 34.4. The van der Waals surface area contributed by atoms with Crippen LogP contribution in [-0.2, 0) is 24.7 Å². The summed E-state index contributed by atoms with van der Waals surface area (Å²) in [5.41, 5.74) is 1.58. The predicted molar refractivity (Wildman–Crippen MR) is 96.8 cm³/mol. The van der Waals surface area contributed by atoms with Crippen LogP contribution >= 0.6 is 0 Å². The molecule has 3 fully saturated rings. The monoisotopic (exact) mass is 369 g/mol. The van der Waals surface area contributed by atoms with Gasteiger partial charge in [0.1, 0.15) is 5.54 Å². The van der Waals surface area contributed by atoms with E-state index in [1.807, 2.05) is 25.1 Å². The van der Waals surface area contributed by atoms with E-state index in [1.54, 1.807) is 7.11 Å². The van der Waals surface area contributed by atoms with Crippen molar-refractivity contribution in [1.29, 1.82) is 0 Å². The van der Waals surface area contributed by atoms with E-state index >= 15 is 0 Å². The summed E-state index contributed by atoms with van der Waals surface area (Å²) in [7, 11) is 1.55. The molecule has 0 aromatic heterocycles.